The molecule has 0 amide bonds. The van der Waals surface area contributed by atoms with E-state index in [1.807, 2.05) is 18.6 Å². The molecule has 1 aromatic heterocycles. The minimum atomic E-state index is 0.410. The van der Waals surface area contributed by atoms with Gasteiger partial charge in [-0.1, -0.05) is 40.9 Å². The van der Waals surface area contributed by atoms with E-state index in [0.717, 1.165) is 17.6 Å². The van der Waals surface area contributed by atoms with Gasteiger partial charge < -0.3 is 0 Å². The van der Waals surface area contributed by atoms with Crippen LogP contribution in [0, 0.1) is 6.42 Å². The van der Waals surface area contributed by atoms with Crippen molar-refractivity contribution in [3.05, 3.63) is 51.6 Å². The minimum absolute atomic E-state index is 0.410. The van der Waals surface area contributed by atoms with E-state index < -0.39 is 0 Å². The van der Waals surface area contributed by atoms with Gasteiger partial charge in [-0.25, -0.2) is 4.98 Å². The fourth-order valence-electron chi connectivity index (χ4n) is 1.41. The van der Waals surface area contributed by atoms with Gasteiger partial charge in [0.1, 0.15) is 5.15 Å². The highest BCUT2D eigenvalue weighted by atomic mass is 35.5. The fourth-order valence-corrected chi connectivity index (χ4v) is 2.26. The number of aromatic nitrogens is 1. The maximum atomic E-state index is 6.10. The van der Waals surface area contributed by atoms with E-state index in [9.17, 15) is 0 Å². The zero-order chi connectivity index (χ0) is 10.8. The first kappa shape index (κ1) is 11.0. The molecule has 0 aromatic carbocycles. The molecule has 0 aliphatic heterocycles. The summed E-state index contributed by atoms with van der Waals surface area (Å²) >= 11 is 18.2. The summed E-state index contributed by atoms with van der Waals surface area (Å²) in [5, 5.41) is 1.65. The second-order valence-corrected chi connectivity index (χ2v) is 4.23. The van der Waals surface area contributed by atoms with E-state index in [0.29, 0.717) is 15.2 Å². The molecular weight excluding hydrogens is 252 g/mol. The third-order valence-electron chi connectivity index (χ3n) is 2.10. The maximum Gasteiger partial charge on any atom is 0.136 e. The van der Waals surface area contributed by atoms with Crippen molar-refractivity contribution in [1.82, 2.24) is 4.98 Å². The molecule has 0 bridgehead atoms. The molecule has 15 heavy (non-hydrogen) atoms. The van der Waals surface area contributed by atoms with Crippen molar-refractivity contribution in [3.8, 4) is 0 Å². The summed E-state index contributed by atoms with van der Waals surface area (Å²) in [4.78, 5) is 4.00. The standard InChI is InChI=1S/C11H7Cl3N/c12-8-4-1-5-9(13)10(8)7-3-2-6-15-11(7)14/h2-6H,1H2. The molecule has 0 atom stereocenters. The van der Waals surface area contributed by atoms with Crippen molar-refractivity contribution in [2.24, 2.45) is 0 Å². The Morgan fingerprint density at radius 3 is 2.67 bits per heavy atom. The van der Waals surface area contributed by atoms with Crippen LogP contribution < -0.4 is 0 Å². The highest BCUT2D eigenvalue weighted by molar-refractivity contribution is 6.44. The van der Waals surface area contributed by atoms with Gasteiger partial charge in [-0.15, -0.1) is 0 Å². The number of allylic oxidation sites excluding steroid dienone is 4. The molecule has 1 nitrogen and oxygen atoms in total. The van der Waals surface area contributed by atoms with Gasteiger partial charge in [0.05, 0.1) is 0 Å². The number of halogens is 3. The first-order chi connectivity index (χ1) is 7.20. The van der Waals surface area contributed by atoms with Crippen LogP contribution in [0.3, 0.4) is 0 Å². The smallest absolute Gasteiger partial charge is 0.136 e. The molecule has 1 aliphatic carbocycles. The molecule has 1 heterocycles. The predicted octanol–water partition coefficient (Wildman–Crippen LogP) is 4.42. The van der Waals surface area contributed by atoms with Crippen LogP contribution in [-0.4, -0.2) is 4.98 Å². The molecule has 0 saturated carbocycles. The Hall–Kier alpha value is -0.500. The molecular formula is C11H7Cl3N. The van der Waals surface area contributed by atoms with Crippen LogP contribution in [0.15, 0.2) is 34.5 Å². The van der Waals surface area contributed by atoms with Crippen molar-refractivity contribution in [1.29, 1.82) is 0 Å². The quantitative estimate of drug-likeness (QED) is 0.681. The third kappa shape index (κ3) is 2.20. The molecule has 0 fully saturated rings. The Labute approximate surface area is 103 Å². The average molecular weight is 260 g/mol. The van der Waals surface area contributed by atoms with Crippen LogP contribution in [-0.2, 0) is 0 Å². The Kier molecular flexibility index (Phi) is 3.35. The van der Waals surface area contributed by atoms with E-state index in [4.69, 9.17) is 34.8 Å². The molecule has 1 aromatic rings. The van der Waals surface area contributed by atoms with Crippen LogP contribution >= 0.6 is 34.8 Å². The van der Waals surface area contributed by atoms with Crippen molar-refractivity contribution >= 4 is 40.4 Å². The van der Waals surface area contributed by atoms with E-state index in [1.165, 1.54) is 0 Å². The monoisotopic (exact) mass is 258 g/mol. The normalized spacial score (nSPS) is 16.6. The molecule has 0 unspecified atom stereocenters. The summed E-state index contributed by atoms with van der Waals surface area (Å²) in [5.41, 5.74) is 1.52. The molecule has 1 aliphatic rings. The third-order valence-corrected chi connectivity index (χ3v) is 3.09. The maximum absolute atomic E-state index is 6.10. The number of hydrogen-bond donors (Lipinski definition) is 0. The van der Waals surface area contributed by atoms with Gasteiger partial charge in [-0.3, -0.25) is 0 Å². The molecule has 77 valence electrons. The molecule has 0 N–H and O–H groups in total. The van der Waals surface area contributed by atoms with Gasteiger partial charge in [-0.2, -0.15) is 0 Å². The van der Waals surface area contributed by atoms with Gasteiger partial charge in [-0.05, 0) is 18.6 Å². The van der Waals surface area contributed by atoms with E-state index >= 15 is 0 Å². The lowest BCUT2D eigenvalue weighted by atomic mass is 10.0. The molecule has 0 saturated heterocycles. The van der Waals surface area contributed by atoms with Crippen LogP contribution in [0.25, 0.3) is 5.57 Å². The van der Waals surface area contributed by atoms with Crippen molar-refractivity contribution in [2.45, 2.75) is 6.42 Å². The summed E-state index contributed by atoms with van der Waals surface area (Å²) in [6, 6.07) is 3.65. The van der Waals surface area contributed by atoms with Gasteiger partial charge in [0.2, 0.25) is 0 Å². The molecule has 4 heteroatoms. The van der Waals surface area contributed by atoms with Gasteiger partial charge in [0, 0.05) is 33.8 Å². The summed E-state index contributed by atoms with van der Waals surface area (Å²) in [6.45, 7) is 0. The Bertz CT molecular complexity index is 449. The summed E-state index contributed by atoms with van der Waals surface area (Å²) in [6.07, 6.45) is 6.17. The zero-order valence-corrected chi connectivity index (χ0v) is 9.94. The van der Waals surface area contributed by atoms with Crippen LogP contribution in [0.2, 0.25) is 5.15 Å². The highest BCUT2D eigenvalue weighted by Crippen LogP contribution is 2.38. The summed E-state index contributed by atoms with van der Waals surface area (Å²) < 4.78 is 0. The van der Waals surface area contributed by atoms with Crippen molar-refractivity contribution in [3.63, 3.8) is 0 Å². The number of pyridine rings is 1. The lowest BCUT2D eigenvalue weighted by molar-refractivity contribution is 1.23. The first-order valence-electron chi connectivity index (χ1n) is 4.40. The van der Waals surface area contributed by atoms with Gasteiger partial charge >= 0.3 is 0 Å². The Balaban J connectivity index is 2.55. The Morgan fingerprint density at radius 1 is 1.20 bits per heavy atom. The average Bonchev–Trinajstić information content (AvgIpc) is 2.20. The number of nitrogens with zero attached hydrogens (tertiary/aromatic N) is 1. The summed E-state index contributed by atoms with van der Waals surface area (Å²) in [5.74, 6) is 0. The predicted molar refractivity (Wildman–Crippen MR) is 64.9 cm³/mol. The summed E-state index contributed by atoms with van der Waals surface area (Å²) in [7, 11) is 0. The van der Waals surface area contributed by atoms with Crippen LogP contribution in [0.5, 0.6) is 0 Å². The lowest BCUT2D eigenvalue weighted by Crippen LogP contribution is -1.96. The van der Waals surface area contributed by atoms with Crippen molar-refractivity contribution in [2.75, 3.05) is 0 Å². The SMILES string of the molecule is ClC1=CC[CH]C(Cl)=C1c1cccnc1Cl. The number of rotatable bonds is 1. The minimum Gasteiger partial charge on any atom is -0.244 e. The highest BCUT2D eigenvalue weighted by Gasteiger charge is 2.17. The van der Waals surface area contributed by atoms with Crippen LogP contribution in [0.1, 0.15) is 12.0 Å². The number of hydrogen-bond acceptors (Lipinski definition) is 1. The zero-order valence-electron chi connectivity index (χ0n) is 7.67. The van der Waals surface area contributed by atoms with Crippen molar-refractivity contribution < 1.29 is 0 Å². The first-order valence-corrected chi connectivity index (χ1v) is 5.53. The Morgan fingerprint density at radius 2 is 2.00 bits per heavy atom. The van der Waals surface area contributed by atoms with E-state index in [1.54, 1.807) is 12.3 Å². The van der Waals surface area contributed by atoms with Crippen LogP contribution in [0.4, 0.5) is 0 Å². The second kappa shape index (κ2) is 4.56. The molecule has 1 radical (unpaired) electrons. The second-order valence-electron chi connectivity index (χ2n) is 3.06. The molecule has 2 rings (SSSR count). The van der Waals surface area contributed by atoms with E-state index in [-0.39, 0.29) is 0 Å². The molecule has 0 spiro atoms. The largest absolute Gasteiger partial charge is 0.244 e. The fraction of sp³-hybridized carbons (Fsp3) is 0.0909. The van der Waals surface area contributed by atoms with E-state index in [2.05, 4.69) is 4.98 Å². The lowest BCUT2D eigenvalue weighted by Gasteiger charge is -2.14. The van der Waals surface area contributed by atoms with Gasteiger partial charge in [0.25, 0.3) is 0 Å². The van der Waals surface area contributed by atoms with Gasteiger partial charge in [0.15, 0.2) is 0 Å². The topological polar surface area (TPSA) is 12.9 Å².